The second-order valence-electron chi connectivity index (χ2n) is 5.39. The lowest BCUT2D eigenvalue weighted by atomic mass is 9.87. The molecule has 1 rings (SSSR count). The van der Waals surface area contributed by atoms with Crippen LogP contribution in [-0.4, -0.2) is 16.7 Å². The first-order chi connectivity index (χ1) is 8.57. The predicted molar refractivity (Wildman–Crippen MR) is 73.2 cm³/mol. The third-order valence-corrected chi connectivity index (χ3v) is 2.98. The van der Waals surface area contributed by atoms with Gasteiger partial charge in [0, 0.05) is 6.54 Å². The van der Waals surface area contributed by atoms with E-state index in [9.17, 15) is 0 Å². The lowest BCUT2D eigenvalue weighted by Gasteiger charge is -2.25. The highest BCUT2D eigenvalue weighted by molar-refractivity contribution is 5.35. The molecule has 0 unspecified atom stereocenters. The monoisotopic (exact) mass is 246 g/mol. The SMILES string of the molecule is CCCCCC(C)(C)CNc1ccc(C#N)nn1. The van der Waals surface area contributed by atoms with E-state index < -0.39 is 0 Å². The first-order valence-corrected chi connectivity index (χ1v) is 6.55. The van der Waals surface area contributed by atoms with Gasteiger partial charge in [0.15, 0.2) is 5.69 Å². The summed E-state index contributed by atoms with van der Waals surface area (Å²) in [4.78, 5) is 0. The molecule has 18 heavy (non-hydrogen) atoms. The molecular weight excluding hydrogens is 224 g/mol. The van der Waals surface area contributed by atoms with E-state index in [1.165, 1.54) is 25.7 Å². The summed E-state index contributed by atoms with van der Waals surface area (Å²) in [5, 5.41) is 19.7. The topological polar surface area (TPSA) is 61.6 Å². The lowest BCUT2D eigenvalue weighted by molar-refractivity contribution is 0.342. The minimum atomic E-state index is 0.255. The molecule has 0 radical (unpaired) electrons. The van der Waals surface area contributed by atoms with E-state index in [4.69, 9.17) is 5.26 Å². The van der Waals surface area contributed by atoms with Crippen LogP contribution in [0.5, 0.6) is 0 Å². The Labute approximate surface area is 109 Å². The zero-order valence-electron chi connectivity index (χ0n) is 11.5. The minimum Gasteiger partial charge on any atom is -0.368 e. The van der Waals surface area contributed by atoms with Crippen LogP contribution in [0.4, 0.5) is 5.82 Å². The van der Waals surface area contributed by atoms with Crippen molar-refractivity contribution in [3.05, 3.63) is 17.8 Å². The summed E-state index contributed by atoms with van der Waals surface area (Å²) in [7, 11) is 0. The molecule has 0 amide bonds. The number of hydrogen-bond acceptors (Lipinski definition) is 4. The first kappa shape index (κ1) is 14.4. The van der Waals surface area contributed by atoms with E-state index in [-0.39, 0.29) is 5.41 Å². The fraction of sp³-hybridized carbons (Fsp3) is 0.643. The summed E-state index contributed by atoms with van der Waals surface area (Å²) < 4.78 is 0. The van der Waals surface area contributed by atoms with Crippen molar-refractivity contribution in [2.45, 2.75) is 46.5 Å². The number of unbranched alkanes of at least 4 members (excludes halogenated alkanes) is 2. The molecule has 0 spiro atoms. The van der Waals surface area contributed by atoms with E-state index >= 15 is 0 Å². The third kappa shape index (κ3) is 5.13. The van der Waals surface area contributed by atoms with Crippen molar-refractivity contribution in [2.24, 2.45) is 5.41 Å². The zero-order chi connectivity index (χ0) is 13.4. The molecule has 1 heterocycles. The molecule has 98 valence electrons. The fourth-order valence-corrected chi connectivity index (χ4v) is 1.76. The van der Waals surface area contributed by atoms with Gasteiger partial charge in [0.25, 0.3) is 0 Å². The van der Waals surface area contributed by atoms with Gasteiger partial charge in [-0.15, -0.1) is 10.2 Å². The predicted octanol–water partition coefficient (Wildman–Crippen LogP) is 3.37. The molecule has 1 aromatic heterocycles. The van der Waals surface area contributed by atoms with Crippen molar-refractivity contribution in [1.82, 2.24) is 10.2 Å². The highest BCUT2D eigenvalue weighted by atomic mass is 15.2. The van der Waals surface area contributed by atoms with Gasteiger partial charge in [-0.1, -0.05) is 40.0 Å². The lowest BCUT2D eigenvalue weighted by Crippen LogP contribution is -2.23. The van der Waals surface area contributed by atoms with Crippen LogP contribution < -0.4 is 5.32 Å². The van der Waals surface area contributed by atoms with Crippen molar-refractivity contribution >= 4 is 5.82 Å². The van der Waals surface area contributed by atoms with E-state index in [0.29, 0.717) is 5.69 Å². The Balaban J connectivity index is 2.40. The molecule has 4 nitrogen and oxygen atoms in total. The second-order valence-corrected chi connectivity index (χ2v) is 5.39. The fourth-order valence-electron chi connectivity index (χ4n) is 1.76. The highest BCUT2D eigenvalue weighted by Gasteiger charge is 2.17. The third-order valence-electron chi connectivity index (χ3n) is 2.98. The van der Waals surface area contributed by atoms with Gasteiger partial charge in [-0.05, 0) is 24.0 Å². The molecule has 1 N–H and O–H groups in total. The summed E-state index contributed by atoms with van der Waals surface area (Å²) in [6.07, 6.45) is 5.02. The smallest absolute Gasteiger partial charge is 0.163 e. The van der Waals surface area contributed by atoms with Crippen molar-refractivity contribution in [3.63, 3.8) is 0 Å². The molecule has 0 saturated heterocycles. The Morgan fingerprint density at radius 1 is 1.28 bits per heavy atom. The average molecular weight is 246 g/mol. The van der Waals surface area contributed by atoms with E-state index in [2.05, 4.69) is 36.3 Å². The highest BCUT2D eigenvalue weighted by Crippen LogP contribution is 2.23. The number of anilines is 1. The summed E-state index contributed by atoms with van der Waals surface area (Å²) in [5.74, 6) is 0.734. The van der Waals surface area contributed by atoms with Gasteiger partial charge < -0.3 is 5.32 Å². The zero-order valence-corrected chi connectivity index (χ0v) is 11.5. The molecule has 0 saturated carbocycles. The molecule has 0 bridgehead atoms. The molecule has 4 heteroatoms. The van der Waals surface area contributed by atoms with Crippen LogP contribution in [0.25, 0.3) is 0 Å². The summed E-state index contributed by atoms with van der Waals surface area (Å²) in [5.41, 5.74) is 0.604. The Morgan fingerprint density at radius 3 is 2.61 bits per heavy atom. The van der Waals surface area contributed by atoms with Crippen LogP contribution in [0.15, 0.2) is 12.1 Å². The Hall–Kier alpha value is -1.63. The van der Waals surface area contributed by atoms with E-state index in [1.54, 1.807) is 12.1 Å². The maximum atomic E-state index is 8.64. The Bertz CT molecular complexity index is 389. The maximum Gasteiger partial charge on any atom is 0.163 e. The van der Waals surface area contributed by atoms with Gasteiger partial charge in [-0.25, -0.2) is 0 Å². The molecular formula is C14H22N4. The van der Waals surface area contributed by atoms with Gasteiger partial charge >= 0.3 is 0 Å². The van der Waals surface area contributed by atoms with Crippen molar-refractivity contribution in [1.29, 1.82) is 5.26 Å². The molecule has 0 aliphatic rings. The minimum absolute atomic E-state index is 0.255. The van der Waals surface area contributed by atoms with E-state index in [0.717, 1.165) is 12.4 Å². The molecule has 0 fully saturated rings. The number of nitrogens with one attached hydrogen (secondary N) is 1. The largest absolute Gasteiger partial charge is 0.368 e. The van der Waals surface area contributed by atoms with Crippen LogP contribution in [-0.2, 0) is 0 Å². The van der Waals surface area contributed by atoms with Gasteiger partial charge in [0.2, 0.25) is 0 Å². The van der Waals surface area contributed by atoms with Gasteiger partial charge in [-0.2, -0.15) is 5.26 Å². The summed E-state index contributed by atoms with van der Waals surface area (Å²) in [6.45, 7) is 7.61. The molecule has 0 aliphatic heterocycles. The number of nitriles is 1. The van der Waals surface area contributed by atoms with Crippen LogP contribution in [0.3, 0.4) is 0 Å². The van der Waals surface area contributed by atoms with Gasteiger partial charge in [0.05, 0.1) is 0 Å². The number of nitrogens with zero attached hydrogens (tertiary/aromatic N) is 3. The molecule has 0 aromatic carbocycles. The number of aromatic nitrogens is 2. The van der Waals surface area contributed by atoms with Crippen LogP contribution in [0.2, 0.25) is 0 Å². The van der Waals surface area contributed by atoms with Crippen molar-refractivity contribution < 1.29 is 0 Å². The molecule has 0 atom stereocenters. The quantitative estimate of drug-likeness (QED) is 0.749. The van der Waals surface area contributed by atoms with Gasteiger partial charge in [0.1, 0.15) is 11.9 Å². The maximum absolute atomic E-state index is 8.64. The van der Waals surface area contributed by atoms with Crippen LogP contribution in [0.1, 0.15) is 52.1 Å². The summed E-state index contributed by atoms with van der Waals surface area (Å²) >= 11 is 0. The normalized spacial score (nSPS) is 11.0. The van der Waals surface area contributed by atoms with E-state index in [1.807, 2.05) is 6.07 Å². The second kappa shape index (κ2) is 6.95. The molecule has 0 aliphatic carbocycles. The first-order valence-electron chi connectivity index (χ1n) is 6.55. The molecule has 1 aromatic rings. The van der Waals surface area contributed by atoms with Crippen LogP contribution in [0, 0.1) is 16.7 Å². The van der Waals surface area contributed by atoms with Crippen molar-refractivity contribution in [3.8, 4) is 6.07 Å². The summed E-state index contributed by atoms with van der Waals surface area (Å²) in [6, 6.07) is 5.44. The average Bonchev–Trinajstić information content (AvgIpc) is 2.37. The number of hydrogen-bond donors (Lipinski definition) is 1. The van der Waals surface area contributed by atoms with Crippen LogP contribution >= 0.6 is 0 Å². The van der Waals surface area contributed by atoms with Crippen molar-refractivity contribution in [2.75, 3.05) is 11.9 Å². The Morgan fingerprint density at radius 2 is 2.06 bits per heavy atom. The standard InChI is InChI=1S/C14H22N4/c1-4-5-6-9-14(2,3)11-16-13-8-7-12(10-15)17-18-13/h7-8H,4-6,9,11H2,1-3H3,(H,16,18). The van der Waals surface area contributed by atoms with Gasteiger partial charge in [-0.3, -0.25) is 0 Å². The number of rotatable bonds is 7. The Kier molecular flexibility index (Phi) is 5.57.